The van der Waals surface area contributed by atoms with Gasteiger partial charge in [-0.25, -0.2) is 9.59 Å². The summed E-state index contributed by atoms with van der Waals surface area (Å²) >= 11 is 0. The molecule has 0 aromatic heterocycles. The molecule has 0 saturated heterocycles. The fourth-order valence-corrected chi connectivity index (χ4v) is 2.91. The van der Waals surface area contributed by atoms with E-state index in [9.17, 15) is 14.4 Å². The van der Waals surface area contributed by atoms with Gasteiger partial charge in [-0.2, -0.15) is 0 Å². The van der Waals surface area contributed by atoms with E-state index >= 15 is 0 Å². The molecular weight excluding hydrogens is 408 g/mol. The quantitative estimate of drug-likeness (QED) is 0.460. The van der Waals surface area contributed by atoms with Crippen LogP contribution in [0.4, 0.5) is 4.79 Å². The lowest BCUT2D eigenvalue weighted by Gasteiger charge is -2.25. The van der Waals surface area contributed by atoms with Crippen LogP contribution in [-0.2, 0) is 25.5 Å². The number of rotatable bonds is 9. The summed E-state index contributed by atoms with van der Waals surface area (Å²) in [6, 6.07) is 16.0. The van der Waals surface area contributed by atoms with Crippen molar-refractivity contribution in [2.75, 3.05) is 6.61 Å². The third kappa shape index (κ3) is 8.26. The van der Waals surface area contributed by atoms with Crippen molar-refractivity contribution in [3.63, 3.8) is 0 Å². The van der Waals surface area contributed by atoms with Gasteiger partial charge in [0, 0.05) is 6.42 Å². The first-order valence-electron chi connectivity index (χ1n) is 10.4. The number of ether oxygens (including phenoxy) is 2. The molecule has 0 aliphatic heterocycles. The van der Waals surface area contributed by atoms with Crippen molar-refractivity contribution in [1.29, 1.82) is 0 Å². The Hall–Kier alpha value is -3.61. The number of hydrogen-bond donors (Lipinski definition) is 2. The van der Waals surface area contributed by atoms with E-state index in [1.807, 2.05) is 30.3 Å². The summed E-state index contributed by atoms with van der Waals surface area (Å²) in [5.41, 5.74) is 0.671. The number of esters is 1. The number of carbonyl (C=O) groups is 3. The molecule has 0 aliphatic carbocycles. The maximum Gasteiger partial charge on any atom is 0.408 e. The van der Waals surface area contributed by atoms with Crippen LogP contribution in [0.5, 0.6) is 0 Å². The van der Waals surface area contributed by atoms with E-state index in [0.29, 0.717) is 5.56 Å². The van der Waals surface area contributed by atoms with E-state index in [0.717, 1.165) is 5.56 Å². The Bertz CT molecular complexity index is 907. The fraction of sp³-hybridized carbons (Fsp3) is 0.320. The third-order valence-corrected chi connectivity index (χ3v) is 4.28. The molecule has 7 heteroatoms. The van der Waals surface area contributed by atoms with Gasteiger partial charge in [0.05, 0.1) is 0 Å². The molecule has 0 bridgehead atoms. The highest BCUT2D eigenvalue weighted by atomic mass is 16.6. The zero-order valence-corrected chi connectivity index (χ0v) is 18.7. The minimum atomic E-state index is -1.06. The monoisotopic (exact) mass is 438 g/mol. The lowest BCUT2D eigenvalue weighted by atomic mass is 10.0. The molecule has 0 unspecified atom stereocenters. The van der Waals surface area contributed by atoms with Gasteiger partial charge in [-0.3, -0.25) is 4.79 Å². The molecule has 0 fully saturated rings. The molecule has 0 aliphatic rings. The fourth-order valence-electron chi connectivity index (χ4n) is 2.91. The normalized spacial score (nSPS) is 12.7. The molecule has 0 saturated carbocycles. The van der Waals surface area contributed by atoms with Crippen LogP contribution < -0.4 is 10.6 Å². The first-order chi connectivity index (χ1) is 15.2. The van der Waals surface area contributed by atoms with Gasteiger partial charge in [0.2, 0.25) is 5.91 Å². The van der Waals surface area contributed by atoms with Crippen LogP contribution in [0, 0.1) is 0 Å². The molecule has 2 aromatic carbocycles. The zero-order valence-electron chi connectivity index (χ0n) is 18.7. The van der Waals surface area contributed by atoms with E-state index in [-0.39, 0.29) is 13.0 Å². The number of benzene rings is 2. The Balaban J connectivity index is 2.24. The largest absolute Gasteiger partial charge is 0.460 e. The molecule has 0 radical (unpaired) electrons. The van der Waals surface area contributed by atoms with Gasteiger partial charge in [0.1, 0.15) is 24.3 Å². The van der Waals surface area contributed by atoms with Crippen molar-refractivity contribution in [3.8, 4) is 0 Å². The predicted molar refractivity (Wildman–Crippen MR) is 122 cm³/mol. The topological polar surface area (TPSA) is 93.7 Å². The first kappa shape index (κ1) is 24.7. The van der Waals surface area contributed by atoms with Crippen molar-refractivity contribution in [2.45, 2.75) is 44.9 Å². The van der Waals surface area contributed by atoms with E-state index in [1.165, 1.54) is 6.08 Å². The highest BCUT2D eigenvalue weighted by Crippen LogP contribution is 2.16. The maximum absolute atomic E-state index is 13.2. The molecule has 2 rings (SSSR count). The van der Waals surface area contributed by atoms with Gasteiger partial charge in [-0.1, -0.05) is 73.3 Å². The standard InChI is InChI=1S/C25H30N2O5/c1-5-16-31-23(29)20(17-18-12-8-6-9-13-18)26-22(28)21(19-14-10-7-11-15-19)27-24(30)32-25(2,3)4/h5-15,20-21H,1,16-17H2,2-4H3,(H,26,28)(H,27,30)/t20-,21-/m0/s1. The van der Waals surface area contributed by atoms with Crippen LogP contribution in [0.3, 0.4) is 0 Å². The molecule has 0 heterocycles. The number of carbonyl (C=O) groups excluding carboxylic acids is 3. The Kier molecular flexibility index (Phi) is 9.01. The van der Waals surface area contributed by atoms with Gasteiger partial charge in [0.15, 0.2) is 0 Å². The minimum absolute atomic E-state index is 0.0261. The highest BCUT2D eigenvalue weighted by Gasteiger charge is 2.30. The second-order valence-electron chi connectivity index (χ2n) is 8.16. The number of nitrogens with one attached hydrogen (secondary N) is 2. The molecule has 32 heavy (non-hydrogen) atoms. The molecule has 2 aromatic rings. The van der Waals surface area contributed by atoms with Gasteiger partial charge in [-0.05, 0) is 31.9 Å². The van der Waals surface area contributed by atoms with E-state index in [4.69, 9.17) is 9.47 Å². The Labute approximate surface area is 188 Å². The summed E-state index contributed by atoms with van der Waals surface area (Å²) in [5, 5.41) is 5.32. The summed E-state index contributed by atoms with van der Waals surface area (Å²) in [6.07, 6.45) is 0.947. The van der Waals surface area contributed by atoms with E-state index in [2.05, 4.69) is 17.2 Å². The van der Waals surface area contributed by atoms with Gasteiger partial charge in [0.25, 0.3) is 0 Å². The summed E-state index contributed by atoms with van der Waals surface area (Å²) < 4.78 is 10.5. The third-order valence-electron chi connectivity index (χ3n) is 4.28. The van der Waals surface area contributed by atoms with Crippen LogP contribution in [0.1, 0.15) is 37.9 Å². The van der Waals surface area contributed by atoms with Gasteiger partial charge in [-0.15, -0.1) is 0 Å². The molecule has 170 valence electrons. The summed E-state index contributed by atoms with van der Waals surface area (Å²) in [4.78, 5) is 38.2. The van der Waals surface area contributed by atoms with Crippen molar-refractivity contribution in [2.24, 2.45) is 0 Å². The average molecular weight is 439 g/mol. The second-order valence-corrected chi connectivity index (χ2v) is 8.16. The average Bonchev–Trinajstić information content (AvgIpc) is 2.75. The van der Waals surface area contributed by atoms with Crippen molar-refractivity contribution < 1.29 is 23.9 Å². The van der Waals surface area contributed by atoms with Crippen LogP contribution in [0.2, 0.25) is 0 Å². The Morgan fingerprint density at radius 1 is 0.969 bits per heavy atom. The van der Waals surface area contributed by atoms with Gasteiger partial charge >= 0.3 is 12.1 Å². The number of alkyl carbamates (subject to hydrolysis) is 1. The zero-order chi connectivity index (χ0) is 23.6. The second kappa shape index (κ2) is 11.7. The molecule has 2 amide bonds. The Morgan fingerprint density at radius 3 is 2.12 bits per heavy atom. The van der Waals surface area contributed by atoms with Crippen molar-refractivity contribution >= 4 is 18.0 Å². The highest BCUT2D eigenvalue weighted by molar-refractivity contribution is 5.90. The maximum atomic E-state index is 13.2. The van der Waals surface area contributed by atoms with Crippen LogP contribution in [-0.4, -0.2) is 36.2 Å². The number of hydrogen-bond acceptors (Lipinski definition) is 5. The molecular formula is C25H30N2O5. The smallest absolute Gasteiger partial charge is 0.408 e. The molecule has 7 nitrogen and oxygen atoms in total. The summed E-state index contributed by atoms with van der Waals surface area (Å²) in [6.45, 7) is 8.76. The van der Waals surface area contributed by atoms with Crippen LogP contribution in [0.25, 0.3) is 0 Å². The molecule has 0 spiro atoms. The minimum Gasteiger partial charge on any atom is -0.460 e. The molecule has 2 atom stereocenters. The predicted octanol–water partition coefficient (Wildman–Crippen LogP) is 3.71. The van der Waals surface area contributed by atoms with Crippen molar-refractivity contribution in [1.82, 2.24) is 10.6 Å². The molecule has 2 N–H and O–H groups in total. The lowest BCUT2D eigenvalue weighted by Crippen LogP contribution is -2.49. The summed E-state index contributed by atoms with van der Waals surface area (Å²) in [5.74, 6) is -1.15. The van der Waals surface area contributed by atoms with Gasteiger partial charge < -0.3 is 20.1 Å². The first-order valence-corrected chi connectivity index (χ1v) is 10.4. The van der Waals surface area contributed by atoms with Crippen LogP contribution in [0.15, 0.2) is 73.3 Å². The van der Waals surface area contributed by atoms with Crippen LogP contribution >= 0.6 is 0 Å². The summed E-state index contributed by atoms with van der Waals surface area (Å²) in [7, 11) is 0. The van der Waals surface area contributed by atoms with E-state index in [1.54, 1.807) is 51.1 Å². The SMILES string of the molecule is C=CCOC(=O)[C@H](Cc1ccccc1)NC(=O)[C@@H](NC(=O)OC(C)(C)C)c1ccccc1. The van der Waals surface area contributed by atoms with Crippen molar-refractivity contribution in [3.05, 3.63) is 84.4 Å². The number of amides is 2. The Morgan fingerprint density at radius 2 is 1.56 bits per heavy atom. The van der Waals surface area contributed by atoms with E-state index < -0.39 is 35.7 Å². The lowest BCUT2D eigenvalue weighted by molar-refractivity contribution is -0.146.